The molecule has 100 valence electrons. The number of fused-ring (bicyclic) bond motifs is 1. The van der Waals surface area contributed by atoms with Crippen LogP contribution in [0.1, 0.15) is 0 Å². The molecule has 0 fully saturated rings. The molecular formula is C14H7Br2NO2S. The van der Waals surface area contributed by atoms with Crippen LogP contribution in [-0.2, 0) is 0 Å². The molecule has 0 aliphatic heterocycles. The van der Waals surface area contributed by atoms with Crippen LogP contribution in [0.5, 0.6) is 0 Å². The van der Waals surface area contributed by atoms with Crippen LogP contribution in [0.25, 0.3) is 16.7 Å². The highest BCUT2D eigenvalue weighted by atomic mass is 79.9. The zero-order valence-electron chi connectivity index (χ0n) is 9.97. The molecule has 0 saturated heterocycles. The van der Waals surface area contributed by atoms with E-state index in [1.54, 1.807) is 18.2 Å². The van der Waals surface area contributed by atoms with Crippen LogP contribution in [-0.4, -0.2) is 4.57 Å². The van der Waals surface area contributed by atoms with Gasteiger partial charge < -0.3 is 4.42 Å². The highest BCUT2D eigenvalue weighted by Crippen LogP contribution is 2.21. The third-order valence-electron chi connectivity index (χ3n) is 2.84. The topological polar surface area (TPSA) is 35.1 Å². The van der Waals surface area contributed by atoms with Gasteiger partial charge in [-0.2, -0.15) is 0 Å². The van der Waals surface area contributed by atoms with Crippen LogP contribution in [0, 0.1) is 4.64 Å². The first-order valence-corrected chi connectivity index (χ1v) is 7.67. The summed E-state index contributed by atoms with van der Waals surface area (Å²) in [5.74, 6) is -0.493. The van der Waals surface area contributed by atoms with Gasteiger partial charge in [0, 0.05) is 8.95 Å². The van der Waals surface area contributed by atoms with Crippen LogP contribution in [0.4, 0.5) is 0 Å². The van der Waals surface area contributed by atoms with E-state index in [0.717, 1.165) is 14.3 Å². The lowest BCUT2D eigenvalue weighted by atomic mass is 10.2. The molecule has 0 atom stereocenters. The number of nitrogens with zero attached hydrogens (tertiary/aromatic N) is 1. The molecule has 1 heterocycles. The second-order valence-electron chi connectivity index (χ2n) is 4.13. The van der Waals surface area contributed by atoms with E-state index in [-0.39, 0.29) is 0 Å². The van der Waals surface area contributed by atoms with Crippen LogP contribution >= 0.6 is 44.1 Å². The number of hydrogen-bond acceptors (Lipinski definition) is 3. The molecule has 20 heavy (non-hydrogen) atoms. The number of aromatic nitrogens is 1. The minimum absolute atomic E-state index is 0.430. The fourth-order valence-electron chi connectivity index (χ4n) is 1.91. The van der Waals surface area contributed by atoms with Crippen LogP contribution < -0.4 is 5.76 Å². The number of benzene rings is 2. The Labute approximate surface area is 136 Å². The van der Waals surface area contributed by atoms with Crippen molar-refractivity contribution in [2.45, 2.75) is 0 Å². The maximum atomic E-state index is 12.1. The normalized spacial score (nSPS) is 10.9. The molecule has 3 nitrogen and oxygen atoms in total. The molecule has 0 amide bonds. The van der Waals surface area contributed by atoms with E-state index in [2.05, 4.69) is 31.9 Å². The van der Waals surface area contributed by atoms with E-state index in [4.69, 9.17) is 16.6 Å². The zero-order valence-corrected chi connectivity index (χ0v) is 14.0. The first kappa shape index (κ1) is 13.7. The number of hydrogen-bond donors (Lipinski definition) is 0. The smallest absolute Gasteiger partial charge is 0.409 e. The Balaban J connectivity index is 2.39. The predicted molar refractivity (Wildman–Crippen MR) is 88.0 cm³/mol. The summed E-state index contributed by atoms with van der Waals surface area (Å²) in [5.41, 5.74) is 1.16. The van der Waals surface area contributed by atoms with Gasteiger partial charge in [-0.1, -0.05) is 44.1 Å². The van der Waals surface area contributed by atoms with Crippen molar-refractivity contribution in [3.05, 3.63) is 66.6 Å². The summed E-state index contributed by atoms with van der Waals surface area (Å²) in [6.45, 7) is 0. The minimum atomic E-state index is -0.493. The van der Waals surface area contributed by atoms with E-state index >= 15 is 0 Å². The number of rotatable bonds is 1. The lowest BCUT2D eigenvalue weighted by Crippen LogP contribution is -2.17. The van der Waals surface area contributed by atoms with Crippen molar-refractivity contribution in [3.8, 4) is 5.69 Å². The van der Waals surface area contributed by atoms with Crippen LogP contribution in [0.3, 0.4) is 0 Å². The van der Waals surface area contributed by atoms with Gasteiger partial charge in [-0.3, -0.25) is 0 Å². The fraction of sp³-hybridized carbons (Fsp3) is 0. The standard InChI is InChI=1S/C14H7Br2NO2S/c15-8-1-4-10(5-2-8)17-13(20)11-7-9(16)3-6-12(11)19-14(17)18/h1-7H. The van der Waals surface area contributed by atoms with Gasteiger partial charge in [0.15, 0.2) is 0 Å². The summed E-state index contributed by atoms with van der Waals surface area (Å²) in [6, 6.07) is 12.7. The molecule has 0 radical (unpaired) electrons. The molecule has 0 aliphatic carbocycles. The molecular weight excluding hydrogens is 406 g/mol. The van der Waals surface area contributed by atoms with Gasteiger partial charge in [0.25, 0.3) is 0 Å². The molecule has 0 bridgehead atoms. The maximum Gasteiger partial charge on any atom is 0.425 e. The summed E-state index contributed by atoms with van der Waals surface area (Å²) >= 11 is 12.2. The lowest BCUT2D eigenvalue weighted by molar-refractivity contribution is 0.507. The summed E-state index contributed by atoms with van der Waals surface area (Å²) in [7, 11) is 0. The Bertz CT molecular complexity index is 913. The van der Waals surface area contributed by atoms with Crippen LogP contribution in [0.2, 0.25) is 0 Å². The van der Waals surface area contributed by atoms with Crippen molar-refractivity contribution < 1.29 is 4.42 Å². The van der Waals surface area contributed by atoms with Gasteiger partial charge in [-0.15, -0.1) is 0 Å². The van der Waals surface area contributed by atoms with Crippen molar-refractivity contribution in [1.82, 2.24) is 4.57 Å². The van der Waals surface area contributed by atoms with Gasteiger partial charge in [-0.25, -0.2) is 9.36 Å². The molecule has 3 aromatic rings. The average Bonchev–Trinajstić information content (AvgIpc) is 2.42. The van der Waals surface area contributed by atoms with E-state index in [0.29, 0.717) is 15.9 Å². The van der Waals surface area contributed by atoms with Crippen molar-refractivity contribution in [1.29, 1.82) is 0 Å². The largest absolute Gasteiger partial charge is 0.425 e. The second kappa shape index (κ2) is 5.27. The van der Waals surface area contributed by atoms with E-state index in [9.17, 15) is 4.79 Å². The first-order chi connectivity index (χ1) is 9.56. The van der Waals surface area contributed by atoms with E-state index < -0.39 is 5.76 Å². The van der Waals surface area contributed by atoms with Crippen molar-refractivity contribution in [2.24, 2.45) is 0 Å². The van der Waals surface area contributed by atoms with Gasteiger partial charge in [-0.05, 0) is 42.5 Å². The Morgan fingerprint density at radius 1 is 1.00 bits per heavy atom. The third-order valence-corrected chi connectivity index (χ3v) is 4.26. The highest BCUT2D eigenvalue weighted by Gasteiger charge is 2.09. The molecule has 2 aromatic carbocycles. The quantitative estimate of drug-likeness (QED) is 0.536. The number of halogens is 2. The van der Waals surface area contributed by atoms with E-state index in [1.807, 2.05) is 24.3 Å². The van der Waals surface area contributed by atoms with Crippen molar-refractivity contribution >= 4 is 55.0 Å². The first-order valence-electron chi connectivity index (χ1n) is 5.67. The van der Waals surface area contributed by atoms with Crippen molar-refractivity contribution in [3.63, 3.8) is 0 Å². The zero-order chi connectivity index (χ0) is 14.3. The monoisotopic (exact) mass is 411 g/mol. The second-order valence-corrected chi connectivity index (χ2v) is 6.34. The van der Waals surface area contributed by atoms with Gasteiger partial charge in [0.1, 0.15) is 10.2 Å². The summed E-state index contributed by atoms with van der Waals surface area (Å²) < 4.78 is 8.95. The molecule has 6 heteroatoms. The molecule has 0 N–H and O–H groups in total. The minimum Gasteiger partial charge on any atom is -0.409 e. The van der Waals surface area contributed by atoms with Crippen LogP contribution in [0.15, 0.2) is 60.6 Å². The Morgan fingerprint density at radius 3 is 2.35 bits per heavy atom. The predicted octanol–water partition coefficient (Wildman–Crippen LogP) is 4.84. The summed E-state index contributed by atoms with van der Waals surface area (Å²) in [4.78, 5) is 12.1. The molecule has 0 unspecified atom stereocenters. The third kappa shape index (κ3) is 2.39. The Kier molecular flexibility index (Phi) is 3.62. The summed E-state index contributed by atoms with van der Waals surface area (Å²) in [6.07, 6.45) is 0. The molecule has 1 aromatic heterocycles. The lowest BCUT2D eigenvalue weighted by Gasteiger charge is -2.07. The highest BCUT2D eigenvalue weighted by molar-refractivity contribution is 9.10. The molecule has 0 spiro atoms. The molecule has 3 rings (SSSR count). The fourth-order valence-corrected chi connectivity index (χ4v) is 2.88. The Hall–Kier alpha value is -1.24. The van der Waals surface area contributed by atoms with Gasteiger partial charge in [0.2, 0.25) is 0 Å². The van der Waals surface area contributed by atoms with Gasteiger partial charge in [0.05, 0.1) is 11.1 Å². The van der Waals surface area contributed by atoms with E-state index in [1.165, 1.54) is 4.57 Å². The SMILES string of the molecule is O=c1oc2ccc(Br)cc2c(=S)n1-c1ccc(Br)cc1. The average molecular weight is 413 g/mol. The van der Waals surface area contributed by atoms with Crippen molar-refractivity contribution in [2.75, 3.05) is 0 Å². The van der Waals surface area contributed by atoms with Gasteiger partial charge >= 0.3 is 5.76 Å². The molecule has 0 saturated carbocycles. The maximum absolute atomic E-state index is 12.1. The summed E-state index contributed by atoms with van der Waals surface area (Å²) in [5, 5.41) is 0.719. The Morgan fingerprint density at radius 2 is 1.65 bits per heavy atom. The molecule has 0 aliphatic rings.